The fourth-order valence-corrected chi connectivity index (χ4v) is 3.06. The second-order valence-electron chi connectivity index (χ2n) is 5.42. The van der Waals surface area contributed by atoms with Gasteiger partial charge in [0.05, 0.1) is 18.0 Å². The summed E-state index contributed by atoms with van der Waals surface area (Å²) in [7, 11) is 3.62. The number of piperidine rings is 1. The molecule has 0 bridgehead atoms. The molecule has 0 saturated carbocycles. The third kappa shape index (κ3) is 2.10. The van der Waals surface area contributed by atoms with E-state index in [1.54, 1.807) is 7.11 Å². The maximum Gasteiger partial charge on any atom is 0.169 e. The quantitative estimate of drug-likeness (QED) is 0.872. The van der Waals surface area contributed by atoms with Gasteiger partial charge in [-0.3, -0.25) is 4.79 Å². The average molecular weight is 272 g/mol. The maximum atomic E-state index is 12.8. The van der Waals surface area contributed by atoms with E-state index >= 15 is 0 Å². The predicted molar refractivity (Wildman–Crippen MR) is 79.4 cm³/mol. The summed E-state index contributed by atoms with van der Waals surface area (Å²) in [5, 5.41) is 4.25. The number of benzene rings is 1. The van der Waals surface area contributed by atoms with Gasteiger partial charge in [0.25, 0.3) is 0 Å². The van der Waals surface area contributed by atoms with Crippen LogP contribution in [0, 0.1) is 5.92 Å². The van der Waals surface area contributed by atoms with Gasteiger partial charge in [0.2, 0.25) is 0 Å². The van der Waals surface area contributed by atoms with E-state index in [1.165, 1.54) is 0 Å². The Kier molecular flexibility index (Phi) is 3.49. The first kappa shape index (κ1) is 13.2. The smallest absolute Gasteiger partial charge is 0.169 e. The second kappa shape index (κ2) is 5.29. The molecule has 1 aliphatic rings. The molecule has 20 heavy (non-hydrogen) atoms. The van der Waals surface area contributed by atoms with Gasteiger partial charge < -0.3 is 14.6 Å². The molecule has 2 aromatic rings. The van der Waals surface area contributed by atoms with Crippen LogP contribution in [0.2, 0.25) is 0 Å². The Balaban J connectivity index is 2.08. The average Bonchev–Trinajstić information content (AvgIpc) is 2.85. The van der Waals surface area contributed by atoms with Crippen molar-refractivity contribution < 1.29 is 9.53 Å². The van der Waals surface area contributed by atoms with Crippen LogP contribution in [0.1, 0.15) is 23.2 Å². The molecule has 4 nitrogen and oxygen atoms in total. The van der Waals surface area contributed by atoms with Crippen LogP contribution in [0.25, 0.3) is 10.9 Å². The van der Waals surface area contributed by atoms with Crippen LogP contribution in [-0.2, 0) is 7.05 Å². The molecule has 0 spiro atoms. The molecule has 0 amide bonds. The Bertz CT molecular complexity index is 639. The number of hydrogen-bond acceptors (Lipinski definition) is 3. The second-order valence-corrected chi connectivity index (χ2v) is 5.42. The molecule has 1 aliphatic heterocycles. The van der Waals surface area contributed by atoms with Gasteiger partial charge in [0.1, 0.15) is 5.75 Å². The third-order valence-corrected chi connectivity index (χ3v) is 4.13. The standard InChI is InChI=1S/C16H20N2O2/c1-18-10-12(16(19)11-5-4-8-17-9-11)15-13(18)6-3-7-14(15)20-2/h3,6-7,10-11,17H,4-5,8-9H2,1-2H3. The molecule has 4 heteroatoms. The lowest BCUT2D eigenvalue weighted by molar-refractivity contribution is 0.0901. The van der Waals surface area contributed by atoms with Crippen molar-refractivity contribution >= 4 is 16.7 Å². The molecule has 106 valence electrons. The third-order valence-electron chi connectivity index (χ3n) is 4.13. The Morgan fingerprint density at radius 1 is 1.45 bits per heavy atom. The molecule has 1 unspecified atom stereocenters. The first-order chi connectivity index (χ1) is 9.72. The van der Waals surface area contributed by atoms with E-state index < -0.39 is 0 Å². The molecule has 2 heterocycles. The molecular weight excluding hydrogens is 252 g/mol. The van der Waals surface area contributed by atoms with Crippen molar-refractivity contribution in [1.82, 2.24) is 9.88 Å². The van der Waals surface area contributed by atoms with Crippen molar-refractivity contribution in [1.29, 1.82) is 0 Å². The number of ketones is 1. The number of carbonyl (C=O) groups is 1. The van der Waals surface area contributed by atoms with E-state index in [4.69, 9.17) is 4.74 Å². The number of nitrogens with zero attached hydrogens (tertiary/aromatic N) is 1. The van der Waals surface area contributed by atoms with Crippen LogP contribution in [-0.4, -0.2) is 30.5 Å². The van der Waals surface area contributed by atoms with Crippen LogP contribution >= 0.6 is 0 Å². The van der Waals surface area contributed by atoms with Crippen molar-refractivity contribution in [3.05, 3.63) is 30.0 Å². The van der Waals surface area contributed by atoms with Gasteiger partial charge in [-0.25, -0.2) is 0 Å². The van der Waals surface area contributed by atoms with Crippen molar-refractivity contribution in [3.8, 4) is 5.75 Å². The van der Waals surface area contributed by atoms with Gasteiger partial charge in [0.15, 0.2) is 5.78 Å². The maximum absolute atomic E-state index is 12.8. The number of rotatable bonds is 3. The zero-order valence-electron chi connectivity index (χ0n) is 12.0. The Labute approximate surface area is 118 Å². The molecule has 1 aromatic carbocycles. The highest BCUT2D eigenvalue weighted by atomic mass is 16.5. The summed E-state index contributed by atoms with van der Waals surface area (Å²) >= 11 is 0. The predicted octanol–water partition coefficient (Wildman–Crippen LogP) is 2.37. The summed E-state index contributed by atoms with van der Waals surface area (Å²) in [5.74, 6) is 1.08. The molecular formula is C16H20N2O2. The molecule has 1 atom stereocenters. The summed E-state index contributed by atoms with van der Waals surface area (Å²) in [6.45, 7) is 1.80. The van der Waals surface area contributed by atoms with Crippen LogP contribution in [0.5, 0.6) is 5.75 Å². The molecule has 3 rings (SSSR count). The zero-order valence-corrected chi connectivity index (χ0v) is 12.0. The van der Waals surface area contributed by atoms with E-state index in [1.807, 2.05) is 36.0 Å². The van der Waals surface area contributed by atoms with Crippen molar-refractivity contribution in [2.75, 3.05) is 20.2 Å². The lowest BCUT2D eigenvalue weighted by Gasteiger charge is -2.21. The van der Waals surface area contributed by atoms with Crippen molar-refractivity contribution in [3.63, 3.8) is 0 Å². The highest BCUT2D eigenvalue weighted by Gasteiger charge is 2.26. The summed E-state index contributed by atoms with van der Waals surface area (Å²) in [6, 6.07) is 5.89. The van der Waals surface area contributed by atoms with E-state index in [-0.39, 0.29) is 11.7 Å². The van der Waals surface area contributed by atoms with Gasteiger partial charge in [-0.2, -0.15) is 0 Å². The highest BCUT2D eigenvalue weighted by molar-refractivity contribution is 6.11. The minimum absolute atomic E-state index is 0.0827. The van der Waals surface area contributed by atoms with Gasteiger partial charge >= 0.3 is 0 Å². The number of ether oxygens (including phenoxy) is 1. The number of methoxy groups -OCH3 is 1. The van der Waals surface area contributed by atoms with Crippen LogP contribution in [0.15, 0.2) is 24.4 Å². The Morgan fingerprint density at radius 2 is 2.30 bits per heavy atom. The largest absolute Gasteiger partial charge is 0.496 e. The Hall–Kier alpha value is -1.81. The van der Waals surface area contributed by atoms with Crippen molar-refractivity contribution in [2.45, 2.75) is 12.8 Å². The molecule has 1 fully saturated rings. The minimum Gasteiger partial charge on any atom is -0.496 e. The fraction of sp³-hybridized carbons (Fsp3) is 0.438. The summed E-state index contributed by atoms with van der Waals surface area (Å²) in [5.41, 5.74) is 1.82. The van der Waals surface area contributed by atoms with Crippen molar-refractivity contribution in [2.24, 2.45) is 13.0 Å². The van der Waals surface area contributed by atoms with E-state index in [0.29, 0.717) is 0 Å². The van der Waals surface area contributed by atoms with Crippen LogP contribution in [0.4, 0.5) is 0 Å². The van der Waals surface area contributed by atoms with Gasteiger partial charge in [-0.1, -0.05) is 6.07 Å². The number of hydrogen-bond donors (Lipinski definition) is 1. The van der Waals surface area contributed by atoms with E-state index in [9.17, 15) is 4.79 Å². The molecule has 0 radical (unpaired) electrons. The number of nitrogens with one attached hydrogen (secondary N) is 1. The van der Waals surface area contributed by atoms with E-state index in [0.717, 1.165) is 48.1 Å². The topological polar surface area (TPSA) is 43.3 Å². The zero-order chi connectivity index (χ0) is 14.1. The normalized spacial score (nSPS) is 19.2. The number of fused-ring (bicyclic) bond motifs is 1. The Morgan fingerprint density at radius 3 is 3.00 bits per heavy atom. The van der Waals surface area contributed by atoms with Crippen LogP contribution in [0.3, 0.4) is 0 Å². The van der Waals surface area contributed by atoms with E-state index in [2.05, 4.69) is 5.32 Å². The lowest BCUT2D eigenvalue weighted by Crippen LogP contribution is -2.34. The highest BCUT2D eigenvalue weighted by Crippen LogP contribution is 2.32. The molecule has 1 saturated heterocycles. The lowest BCUT2D eigenvalue weighted by atomic mass is 9.90. The number of Topliss-reactive ketones (excluding diaryl/α,β-unsaturated/α-hetero) is 1. The first-order valence-corrected chi connectivity index (χ1v) is 7.09. The number of carbonyl (C=O) groups excluding carboxylic acids is 1. The molecule has 1 aromatic heterocycles. The van der Waals surface area contributed by atoms with Crippen LogP contribution < -0.4 is 10.1 Å². The fourth-order valence-electron chi connectivity index (χ4n) is 3.06. The van der Waals surface area contributed by atoms with Gasteiger partial charge in [-0.15, -0.1) is 0 Å². The molecule has 1 N–H and O–H groups in total. The minimum atomic E-state index is 0.0827. The monoisotopic (exact) mass is 272 g/mol. The van der Waals surface area contributed by atoms with Gasteiger partial charge in [0, 0.05) is 31.3 Å². The summed E-state index contributed by atoms with van der Waals surface area (Å²) < 4.78 is 7.44. The SMILES string of the molecule is COc1cccc2c1c(C(=O)C1CCCNC1)cn2C. The van der Waals surface area contributed by atoms with Gasteiger partial charge in [-0.05, 0) is 31.5 Å². The summed E-state index contributed by atoms with van der Waals surface area (Å²) in [4.78, 5) is 12.8. The first-order valence-electron chi connectivity index (χ1n) is 7.09. The number of aromatic nitrogens is 1. The molecule has 0 aliphatic carbocycles. The number of aryl methyl sites for hydroxylation is 1. The summed E-state index contributed by atoms with van der Waals surface area (Å²) in [6.07, 6.45) is 3.97.